The SMILES string of the molecule is CCCCC1CCC(CCC2CCc3ccc(F)c(F)c3C2)CC1. The van der Waals surface area contributed by atoms with Crippen LogP contribution in [0.3, 0.4) is 0 Å². The maximum Gasteiger partial charge on any atom is 0.162 e. The lowest BCUT2D eigenvalue weighted by atomic mass is 9.75. The maximum atomic E-state index is 14.0. The quantitative estimate of drug-likeness (QED) is 0.534. The van der Waals surface area contributed by atoms with E-state index in [2.05, 4.69) is 6.92 Å². The van der Waals surface area contributed by atoms with Gasteiger partial charge in [-0.05, 0) is 60.6 Å². The predicted octanol–water partition coefficient (Wildman–Crippen LogP) is 6.85. The van der Waals surface area contributed by atoms with Crippen molar-refractivity contribution in [3.63, 3.8) is 0 Å². The van der Waals surface area contributed by atoms with Crippen molar-refractivity contribution in [2.24, 2.45) is 17.8 Å². The van der Waals surface area contributed by atoms with Gasteiger partial charge in [-0.15, -0.1) is 0 Å². The maximum absolute atomic E-state index is 14.0. The average Bonchev–Trinajstić information content (AvgIpc) is 2.62. The summed E-state index contributed by atoms with van der Waals surface area (Å²) in [5.41, 5.74) is 1.69. The van der Waals surface area contributed by atoms with Crippen LogP contribution in [0.15, 0.2) is 12.1 Å². The Morgan fingerprint density at radius 2 is 1.54 bits per heavy atom. The Morgan fingerprint density at radius 3 is 2.25 bits per heavy atom. The van der Waals surface area contributed by atoms with Gasteiger partial charge in [0.25, 0.3) is 0 Å². The molecule has 24 heavy (non-hydrogen) atoms. The molecule has 0 radical (unpaired) electrons. The number of unbranched alkanes of at least 4 members (excludes halogenated alkanes) is 1. The van der Waals surface area contributed by atoms with Crippen LogP contribution in [0.1, 0.15) is 82.3 Å². The highest BCUT2D eigenvalue weighted by molar-refractivity contribution is 5.32. The number of halogens is 2. The first kappa shape index (κ1) is 17.9. The fourth-order valence-electron chi connectivity index (χ4n) is 4.86. The van der Waals surface area contributed by atoms with E-state index < -0.39 is 11.6 Å². The van der Waals surface area contributed by atoms with Gasteiger partial charge < -0.3 is 0 Å². The minimum atomic E-state index is -0.681. The van der Waals surface area contributed by atoms with Crippen molar-refractivity contribution in [2.75, 3.05) is 0 Å². The van der Waals surface area contributed by atoms with E-state index in [-0.39, 0.29) is 0 Å². The van der Waals surface area contributed by atoms with Gasteiger partial charge in [0.05, 0.1) is 0 Å². The molecule has 0 nitrogen and oxygen atoms in total. The highest BCUT2D eigenvalue weighted by Gasteiger charge is 2.25. The third kappa shape index (κ3) is 4.37. The summed E-state index contributed by atoms with van der Waals surface area (Å²) >= 11 is 0. The van der Waals surface area contributed by atoms with Gasteiger partial charge in [-0.3, -0.25) is 0 Å². The number of benzene rings is 1. The van der Waals surface area contributed by atoms with Crippen molar-refractivity contribution < 1.29 is 8.78 Å². The Balaban J connectivity index is 1.44. The van der Waals surface area contributed by atoms with Crippen LogP contribution in [-0.2, 0) is 12.8 Å². The fraction of sp³-hybridized carbons (Fsp3) is 0.727. The third-order valence-electron chi connectivity index (χ3n) is 6.52. The summed E-state index contributed by atoms with van der Waals surface area (Å²) in [5.74, 6) is 1.13. The van der Waals surface area contributed by atoms with Crippen molar-refractivity contribution in [1.82, 2.24) is 0 Å². The summed E-state index contributed by atoms with van der Waals surface area (Å²) in [7, 11) is 0. The smallest absolute Gasteiger partial charge is 0.162 e. The Kier molecular flexibility index (Phi) is 6.30. The van der Waals surface area contributed by atoms with E-state index in [4.69, 9.17) is 0 Å². The minimum absolute atomic E-state index is 0.548. The molecule has 0 N–H and O–H groups in total. The monoisotopic (exact) mass is 334 g/mol. The Morgan fingerprint density at radius 1 is 0.875 bits per heavy atom. The molecular weight excluding hydrogens is 302 g/mol. The van der Waals surface area contributed by atoms with Crippen molar-refractivity contribution in [1.29, 1.82) is 0 Å². The van der Waals surface area contributed by atoms with E-state index in [1.54, 1.807) is 6.07 Å². The summed E-state index contributed by atoms with van der Waals surface area (Å²) in [6.45, 7) is 2.28. The van der Waals surface area contributed by atoms with Crippen LogP contribution in [0.25, 0.3) is 0 Å². The van der Waals surface area contributed by atoms with Crippen molar-refractivity contribution in [3.8, 4) is 0 Å². The van der Waals surface area contributed by atoms with Crippen molar-refractivity contribution in [3.05, 3.63) is 34.9 Å². The molecule has 0 spiro atoms. The molecule has 0 aliphatic heterocycles. The van der Waals surface area contributed by atoms with Gasteiger partial charge in [0.15, 0.2) is 11.6 Å². The molecule has 0 bridgehead atoms. The van der Waals surface area contributed by atoms with Crippen LogP contribution < -0.4 is 0 Å². The standard InChI is InChI=1S/C22H32F2/c1-2-3-4-16-5-7-17(8-6-16)9-10-18-11-12-19-13-14-21(23)22(24)20(19)15-18/h13-14,16-18H,2-12,15H2,1H3. The summed E-state index contributed by atoms with van der Waals surface area (Å²) in [4.78, 5) is 0. The van der Waals surface area contributed by atoms with Crippen LogP contribution in [0, 0.1) is 29.4 Å². The largest absolute Gasteiger partial charge is 0.204 e. The molecule has 2 heteroatoms. The highest BCUT2D eigenvalue weighted by atomic mass is 19.2. The molecule has 0 saturated heterocycles. The number of hydrogen-bond acceptors (Lipinski definition) is 0. The topological polar surface area (TPSA) is 0 Å². The first-order valence-corrected chi connectivity index (χ1v) is 10.1. The number of aryl methyl sites for hydroxylation is 1. The van der Waals surface area contributed by atoms with Gasteiger partial charge in [0, 0.05) is 0 Å². The summed E-state index contributed by atoms with van der Waals surface area (Å²) in [6, 6.07) is 3.06. The van der Waals surface area contributed by atoms with E-state index in [1.165, 1.54) is 63.9 Å². The van der Waals surface area contributed by atoms with E-state index >= 15 is 0 Å². The first-order chi connectivity index (χ1) is 11.7. The normalized spacial score (nSPS) is 27.0. The molecule has 1 aromatic carbocycles. The van der Waals surface area contributed by atoms with Crippen molar-refractivity contribution >= 4 is 0 Å². The molecule has 2 aliphatic carbocycles. The summed E-state index contributed by atoms with van der Waals surface area (Å²) < 4.78 is 27.5. The van der Waals surface area contributed by atoms with Crippen LogP contribution in [0.4, 0.5) is 8.78 Å². The van der Waals surface area contributed by atoms with Gasteiger partial charge in [-0.1, -0.05) is 64.4 Å². The molecule has 134 valence electrons. The van der Waals surface area contributed by atoms with E-state index in [0.29, 0.717) is 11.5 Å². The first-order valence-electron chi connectivity index (χ1n) is 10.1. The molecule has 1 saturated carbocycles. The molecule has 0 amide bonds. The molecule has 0 heterocycles. The second-order valence-electron chi connectivity index (χ2n) is 8.21. The fourth-order valence-corrected chi connectivity index (χ4v) is 4.86. The predicted molar refractivity (Wildman–Crippen MR) is 96.1 cm³/mol. The van der Waals surface area contributed by atoms with E-state index in [9.17, 15) is 8.78 Å². The molecule has 1 aromatic rings. The zero-order chi connectivity index (χ0) is 16.9. The average molecular weight is 334 g/mol. The molecule has 1 atom stereocenters. The van der Waals surface area contributed by atoms with E-state index in [1.807, 2.05) is 0 Å². The van der Waals surface area contributed by atoms with Crippen molar-refractivity contribution in [2.45, 2.75) is 84.0 Å². The Labute approximate surface area is 146 Å². The highest BCUT2D eigenvalue weighted by Crippen LogP contribution is 2.37. The molecule has 3 rings (SSSR count). The van der Waals surface area contributed by atoms with Gasteiger partial charge >= 0.3 is 0 Å². The zero-order valence-corrected chi connectivity index (χ0v) is 15.1. The molecule has 2 aliphatic rings. The summed E-state index contributed by atoms with van der Waals surface area (Å²) in [5, 5.41) is 0. The van der Waals surface area contributed by atoms with Crippen LogP contribution in [-0.4, -0.2) is 0 Å². The van der Waals surface area contributed by atoms with Crippen LogP contribution >= 0.6 is 0 Å². The van der Waals surface area contributed by atoms with Crippen LogP contribution in [0.2, 0.25) is 0 Å². The van der Waals surface area contributed by atoms with Gasteiger partial charge in [0.1, 0.15) is 0 Å². The van der Waals surface area contributed by atoms with Gasteiger partial charge in [-0.2, -0.15) is 0 Å². The second kappa shape index (κ2) is 8.45. The lowest BCUT2D eigenvalue weighted by Gasteiger charge is -2.31. The number of rotatable bonds is 6. The molecule has 1 unspecified atom stereocenters. The lowest BCUT2D eigenvalue weighted by Crippen LogP contribution is -2.19. The number of fused-ring (bicyclic) bond motifs is 1. The van der Waals surface area contributed by atoms with Gasteiger partial charge in [-0.25, -0.2) is 8.78 Å². The third-order valence-corrected chi connectivity index (χ3v) is 6.52. The lowest BCUT2D eigenvalue weighted by molar-refractivity contribution is 0.233. The second-order valence-corrected chi connectivity index (χ2v) is 8.21. The molecule has 0 aromatic heterocycles. The molecular formula is C22H32F2. The molecule has 1 fully saturated rings. The number of hydrogen-bond donors (Lipinski definition) is 0. The van der Waals surface area contributed by atoms with E-state index in [0.717, 1.165) is 36.7 Å². The van der Waals surface area contributed by atoms with Crippen LogP contribution in [0.5, 0.6) is 0 Å². The minimum Gasteiger partial charge on any atom is -0.204 e. The zero-order valence-electron chi connectivity index (χ0n) is 15.1. The Bertz CT molecular complexity index is 529. The Hall–Kier alpha value is -0.920. The summed E-state index contributed by atoms with van der Waals surface area (Å²) in [6.07, 6.45) is 15.0. The van der Waals surface area contributed by atoms with Gasteiger partial charge in [0.2, 0.25) is 0 Å².